The van der Waals surface area contributed by atoms with Gasteiger partial charge in [-0.3, -0.25) is 0 Å². The number of benzene rings is 1. The number of anilines is 1. The number of guanidine groups is 1. The SMILES string of the molecule is CCNC(=NCc1nccn1CC(C)C)N1CCN(c2ccc(F)cc2)CC1.I. The van der Waals surface area contributed by atoms with Gasteiger partial charge < -0.3 is 19.7 Å². The molecule has 160 valence electrons. The summed E-state index contributed by atoms with van der Waals surface area (Å²) in [6, 6.07) is 6.73. The van der Waals surface area contributed by atoms with Crippen molar-refractivity contribution in [2.24, 2.45) is 10.9 Å². The lowest BCUT2D eigenvalue weighted by Gasteiger charge is -2.37. The smallest absolute Gasteiger partial charge is 0.194 e. The molecule has 1 fully saturated rings. The zero-order valence-electron chi connectivity index (χ0n) is 17.5. The van der Waals surface area contributed by atoms with Gasteiger partial charge in [-0.1, -0.05) is 13.8 Å². The number of aromatic nitrogens is 2. The Balaban J connectivity index is 0.00000300. The van der Waals surface area contributed by atoms with Crippen molar-refractivity contribution in [2.75, 3.05) is 37.6 Å². The summed E-state index contributed by atoms with van der Waals surface area (Å²) in [5.41, 5.74) is 1.07. The Hall–Kier alpha value is -1.84. The number of hydrogen-bond donors (Lipinski definition) is 1. The second-order valence-corrected chi connectivity index (χ2v) is 7.51. The second kappa shape index (κ2) is 11.4. The normalized spacial score (nSPS) is 14.9. The number of nitrogens with one attached hydrogen (secondary N) is 1. The first kappa shape index (κ1) is 23.4. The maximum absolute atomic E-state index is 13.1. The van der Waals surface area contributed by atoms with Crippen LogP contribution in [0.2, 0.25) is 0 Å². The first-order valence-corrected chi connectivity index (χ1v) is 10.1. The zero-order chi connectivity index (χ0) is 19.9. The number of imidazole rings is 1. The van der Waals surface area contributed by atoms with Gasteiger partial charge in [-0.25, -0.2) is 14.4 Å². The van der Waals surface area contributed by atoms with E-state index in [2.05, 4.69) is 45.4 Å². The summed E-state index contributed by atoms with van der Waals surface area (Å²) in [5, 5.41) is 3.41. The third-order valence-corrected chi connectivity index (χ3v) is 4.84. The fourth-order valence-corrected chi connectivity index (χ4v) is 3.45. The summed E-state index contributed by atoms with van der Waals surface area (Å²) in [6.45, 7) is 12.4. The summed E-state index contributed by atoms with van der Waals surface area (Å²) in [4.78, 5) is 13.9. The minimum Gasteiger partial charge on any atom is -0.368 e. The maximum atomic E-state index is 13.1. The van der Waals surface area contributed by atoms with Crippen LogP contribution in [0, 0.1) is 11.7 Å². The lowest BCUT2D eigenvalue weighted by molar-refractivity contribution is 0.372. The number of halogens is 2. The highest BCUT2D eigenvalue weighted by atomic mass is 127. The molecule has 1 saturated heterocycles. The van der Waals surface area contributed by atoms with Crippen LogP contribution < -0.4 is 10.2 Å². The molecule has 8 heteroatoms. The third kappa shape index (κ3) is 6.58. The van der Waals surface area contributed by atoms with E-state index in [9.17, 15) is 4.39 Å². The highest BCUT2D eigenvalue weighted by Crippen LogP contribution is 2.17. The maximum Gasteiger partial charge on any atom is 0.194 e. The van der Waals surface area contributed by atoms with Crippen LogP contribution in [0.25, 0.3) is 0 Å². The lowest BCUT2D eigenvalue weighted by Crippen LogP contribution is -2.52. The standard InChI is InChI=1S/C21H31FN6.HI/c1-4-23-21(25-15-20-24-9-10-28(20)16-17(2)3)27-13-11-26(12-14-27)19-7-5-18(22)6-8-19;/h5-10,17H,4,11-16H2,1-3H3,(H,23,25);1H. The van der Waals surface area contributed by atoms with Crippen molar-refractivity contribution >= 4 is 35.6 Å². The van der Waals surface area contributed by atoms with Crippen molar-refractivity contribution in [1.29, 1.82) is 0 Å². The number of hydrogen-bond acceptors (Lipinski definition) is 3. The Morgan fingerprint density at radius 2 is 1.86 bits per heavy atom. The molecule has 1 aliphatic heterocycles. The number of nitrogens with zero attached hydrogens (tertiary/aromatic N) is 5. The van der Waals surface area contributed by atoms with Gasteiger partial charge >= 0.3 is 0 Å². The lowest BCUT2D eigenvalue weighted by atomic mass is 10.2. The van der Waals surface area contributed by atoms with E-state index in [0.29, 0.717) is 12.5 Å². The van der Waals surface area contributed by atoms with Crippen LogP contribution >= 0.6 is 24.0 Å². The first-order valence-electron chi connectivity index (χ1n) is 10.1. The van der Waals surface area contributed by atoms with Gasteiger partial charge in [-0.2, -0.15) is 0 Å². The Morgan fingerprint density at radius 3 is 2.48 bits per heavy atom. The zero-order valence-corrected chi connectivity index (χ0v) is 19.8. The quantitative estimate of drug-likeness (QED) is 0.364. The molecule has 0 spiro atoms. The van der Waals surface area contributed by atoms with Gasteiger partial charge in [0.15, 0.2) is 5.96 Å². The molecular formula is C21H32FIN6. The van der Waals surface area contributed by atoms with Gasteiger partial charge in [-0.05, 0) is 37.1 Å². The molecule has 0 radical (unpaired) electrons. The van der Waals surface area contributed by atoms with Crippen molar-refractivity contribution < 1.29 is 4.39 Å². The molecule has 1 aliphatic rings. The molecule has 0 amide bonds. The monoisotopic (exact) mass is 514 g/mol. The summed E-state index contributed by atoms with van der Waals surface area (Å²) in [5.74, 6) is 2.30. The van der Waals surface area contributed by atoms with Crippen molar-refractivity contribution in [3.8, 4) is 0 Å². The Labute approximate surface area is 190 Å². The molecule has 0 atom stereocenters. The second-order valence-electron chi connectivity index (χ2n) is 7.51. The van der Waals surface area contributed by atoms with E-state index < -0.39 is 0 Å². The molecule has 0 saturated carbocycles. The van der Waals surface area contributed by atoms with Crippen LogP contribution in [0.5, 0.6) is 0 Å². The highest BCUT2D eigenvalue weighted by Gasteiger charge is 2.20. The molecule has 1 N–H and O–H groups in total. The molecule has 2 heterocycles. The summed E-state index contributed by atoms with van der Waals surface area (Å²) in [6.07, 6.45) is 3.88. The highest BCUT2D eigenvalue weighted by molar-refractivity contribution is 14.0. The van der Waals surface area contributed by atoms with Crippen LogP contribution in [0.3, 0.4) is 0 Å². The fraction of sp³-hybridized carbons (Fsp3) is 0.524. The predicted octanol–water partition coefficient (Wildman–Crippen LogP) is 3.58. The van der Waals surface area contributed by atoms with Crippen LogP contribution in [0.1, 0.15) is 26.6 Å². The van der Waals surface area contributed by atoms with E-state index in [-0.39, 0.29) is 29.8 Å². The molecule has 1 aromatic carbocycles. The van der Waals surface area contributed by atoms with E-state index in [1.807, 2.05) is 24.5 Å². The van der Waals surface area contributed by atoms with E-state index in [1.165, 1.54) is 12.1 Å². The number of rotatable bonds is 6. The molecule has 1 aromatic heterocycles. The predicted molar refractivity (Wildman–Crippen MR) is 127 cm³/mol. The molecule has 2 aromatic rings. The van der Waals surface area contributed by atoms with Crippen LogP contribution in [0.15, 0.2) is 41.7 Å². The molecule has 0 bridgehead atoms. The average molecular weight is 514 g/mol. The molecule has 0 unspecified atom stereocenters. The van der Waals surface area contributed by atoms with Gasteiger partial charge in [-0.15, -0.1) is 24.0 Å². The van der Waals surface area contributed by atoms with Crippen molar-refractivity contribution in [2.45, 2.75) is 33.9 Å². The minimum atomic E-state index is -0.195. The fourth-order valence-electron chi connectivity index (χ4n) is 3.45. The topological polar surface area (TPSA) is 48.7 Å². The van der Waals surface area contributed by atoms with E-state index in [0.717, 1.165) is 56.7 Å². The number of piperazine rings is 1. The van der Waals surface area contributed by atoms with Gasteiger partial charge in [0.25, 0.3) is 0 Å². The Morgan fingerprint density at radius 1 is 1.17 bits per heavy atom. The van der Waals surface area contributed by atoms with Crippen LogP contribution in [0.4, 0.5) is 10.1 Å². The van der Waals surface area contributed by atoms with E-state index in [1.54, 1.807) is 0 Å². The molecule has 6 nitrogen and oxygen atoms in total. The van der Waals surface area contributed by atoms with Crippen molar-refractivity contribution in [3.63, 3.8) is 0 Å². The largest absolute Gasteiger partial charge is 0.368 e. The van der Waals surface area contributed by atoms with Crippen LogP contribution in [-0.2, 0) is 13.1 Å². The summed E-state index contributed by atoms with van der Waals surface area (Å²) >= 11 is 0. The Kier molecular flexibility index (Phi) is 9.19. The Bertz CT molecular complexity index is 766. The van der Waals surface area contributed by atoms with Gasteiger partial charge in [0.1, 0.15) is 18.2 Å². The van der Waals surface area contributed by atoms with E-state index >= 15 is 0 Å². The average Bonchev–Trinajstić information content (AvgIpc) is 3.12. The molecule has 29 heavy (non-hydrogen) atoms. The summed E-state index contributed by atoms with van der Waals surface area (Å²) in [7, 11) is 0. The summed E-state index contributed by atoms with van der Waals surface area (Å²) < 4.78 is 15.3. The van der Waals surface area contributed by atoms with Crippen molar-refractivity contribution in [3.05, 3.63) is 48.3 Å². The molecular weight excluding hydrogens is 482 g/mol. The van der Waals surface area contributed by atoms with Gasteiger partial charge in [0, 0.05) is 57.3 Å². The molecule has 3 rings (SSSR count). The van der Waals surface area contributed by atoms with Gasteiger partial charge in [0.2, 0.25) is 0 Å². The van der Waals surface area contributed by atoms with Gasteiger partial charge in [0.05, 0.1) is 0 Å². The minimum absolute atomic E-state index is 0. The molecule has 0 aliphatic carbocycles. The third-order valence-electron chi connectivity index (χ3n) is 4.84. The van der Waals surface area contributed by atoms with Crippen molar-refractivity contribution in [1.82, 2.24) is 19.8 Å². The number of aliphatic imine (C=N–C) groups is 1. The van der Waals surface area contributed by atoms with E-state index in [4.69, 9.17) is 4.99 Å². The van der Waals surface area contributed by atoms with Crippen LogP contribution in [-0.4, -0.2) is 53.1 Å². The first-order chi connectivity index (χ1) is 13.6.